The molecule has 1 aromatic carbocycles. The number of rotatable bonds is 2. The van der Waals surface area contributed by atoms with Gasteiger partial charge in [0.25, 0.3) is 5.91 Å². The van der Waals surface area contributed by atoms with E-state index >= 15 is 0 Å². The van der Waals surface area contributed by atoms with Gasteiger partial charge < -0.3 is 10.7 Å². The molecule has 0 atom stereocenters. The first kappa shape index (κ1) is 13.6. The standard InChI is InChI=1S/C12H8Cl2N6O/c13-6-1-5(2-7(15)3-6)11(21)20-12-18-9(14)8-10(19-12)17-4-16-8/h1-4H,15H2,(H2,16,17,18,19,20,21). The van der Waals surface area contributed by atoms with Gasteiger partial charge in [-0.1, -0.05) is 23.2 Å². The summed E-state index contributed by atoms with van der Waals surface area (Å²) in [5, 5.41) is 3.05. The number of H-pyrrole nitrogens is 1. The first-order valence-corrected chi connectivity index (χ1v) is 6.52. The lowest BCUT2D eigenvalue weighted by molar-refractivity contribution is 0.102. The third-order valence-electron chi connectivity index (χ3n) is 2.65. The number of nitrogens with zero attached hydrogens (tertiary/aromatic N) is 3. The molecule has 106 valence electrons. The van der Waals surface area contributed by atoms with Crippen LogP contribution in [0.1, 0.15) is 10.4 Å². The van der Waals surface area contributed by atoms with Crippen molar-refractivity contribution in [2.75, 3.05) is 11.1 Å². The number of hydrogen-bond donors (Lipinski definition) is 3. The Morgan fingerprint density at radius 1 is 1.24 bits per heavy atom. The molecule has 0 spiro atoms. The Morgan fingerprint density at radius 3 is 2.81 bits per heavy atom. The van der Waals surface area contributed by atoms with Crippen molar-refractivity contribution in [2.45, 2.75) is 0 Å². The minimum Gasteiger partial charge on any atom is -0.399 e. The smallest absolute Gasteiger partial charge is 0.258 e. The summed E-state index contributed by atoms with van der Waals surface area (Å²) >= 11 is 11.8. The van der Waals surface area contributed by atoms with E-state index in [1.54, 1.807) is 6.07 Å². The maximum absolute atomic E-state index is 12.1. The molecule has 0 bridgehead atoms. The lowest BCUT2D eigenvalue weighted by Crippen LogP contribution is -2.14. The van der Waals surface area contributed by atoms with E-state index < -0.39 is 5.91 Å². The van der Waals surface area contributed by atoms with Crippen molar-refractivity contribution in [3.8, 4) is 0 Å². The van der Waals surface area contributed by atoms with Crippen LogP contribution in [0.2, 0.25) is 10.2 Å². The monoisotopic (exact) mass is 322 g/mol. The quantitative estimate of drug-likeness (QED) is 0.496. The molecule has 0 radical (unpaired) electrons. The van der Waals surface area contributed by atoms with E-state index in [0.717, 1.165) is 0 Å². The van der Waals surface area contributed by atoms with E-state index in [1.807, 2.05) is 0 Å². The molecule has 0 aliphatic rings. The molecule has 4 N–H and O–H groups in total. The molecule has 21 heavy (non-hydrogen) atoms. The van der Waals surface area contributed by atoms with Crippen LogP contribution in [0.5, 0.6) is 0 Å². The highest BCUT2D eigenvalue weighted by Crippen LogP contribution is 2.20. The maximum atomic E-state index is 12.1. The number of anilines is 2. The lowest BCUT2D eigenvalue weighted by Gasteiger charge is -2.05. The summed E-state index contributed by atoms with van der Waals surface area (Å²) in [6.07, 6.45) is 1.44. The zero-order valence-electron chi connectivity index (χ0n) is 10.4. The van der Waals surface area contributed by atoms with Gasteiger partial charge in [0.2, 0.25) is 5.95 Å². The summed E-state index contributed by atoms with van der Waals surface area (Å²) in [4.78, 5) is 26.9. The molecule has 1 amide bonds. The molecule has 0 saturated carbocycles. The van der Waals surface area contributed by atoms with Crippen LogP contribution in [0.3, 0.4) is 0 Å². The van der Waals surface area contributed by atoms with Crippen LogP contribution >= 0.6 is 23.2 Å². The van der Waals surface area contributed by atoms with E-state index in [4.69, 9.17) is 28.9 Å². The normalized spacial score (nSPS) is 10.8. The summed E-state index contributed by atoms with van der Waals surface area (Å²) in [7, 11) is 0. The second-order valence-electron chi connectivity index (χ2n) is 4.17. The molecule has 9 heteroatoms. The van der Waals surface area contributed by atoms with Crippen LogP contribution in [0, 0.1) is 0 Å². The zero-order chi connectivity index (χ0) is 15.0. The third-order valence-corrected chi connectivity index (χ3v) is 3.14. The van der Waals surface area contributed by atoms with Gasteiger partial charge in [-0.05, 0) is 18.2 Å². The Hall–Kier alpha value is -2.38. The number of imidazole rings is 1. The van der Waals surface area contributed by atoms with Crippen molar-refractivity contribution in [1.29, 1.82) is 0 Å². The zero-order valence-corrected chi connectivity index (χ0v) is 11.9. The van der Waals surface area contributed by atoms with Crippen molar-refractivity contribution in [3.05, 3.63) is 40.3 Å². The van der Waals surface area contributed by atoms with Gasteiger partial charge in [-0.3, -0.25) is 10.1 Å². The average molecular weight is 323 g/mol. The second-order valence-corrected chi connectivity index (χ2v) is 4.96. The molecule has 0 aliphatic carbocycles. The van der Waals surface area contributed by atoms with E-state index in [2.05, 4.69) is 25.3 Å². The topological polar surface area (TPSA) is 110 Å². The fourth-order valence-corrected chi connectivity index (χ4v) is 2.23. The molecular weight excluding hydrogens is 315 g/mol. The van der Waals surface area contributed by atoms with Crippen molar-refractivity contribution in [3.63, 3.8) is 0 Å². The highest BCUT2D eigenvalue weighted by molar-refractivity contribution is 6.33. The fourth-order valence-electron chi connectivity index (χ4n) is 1.77. The van der Waals surface area contributed by atoms with Gasteiger partial charge in [0.05, 0.1) is 6.33 Å². The third kappa shape index (κ3) is 2.74. The Bertz CT molecular complexity index is 827. The van der Waals surface area contributed by atoms with Crippen LogP contribution in [-0.2, 0) is 0 Å². The number of fused-ring (bicyclic) bond motifs is 1. The van der Waals surface area contributed by atoms with Crippen LogP contribution < -0.4 is 11.1 Å². The number of carbonyl (C=O) groups excluding carboxylic acids is 1. The SMILES string of the molecule is Nc1cc(Cl)cc(C(=O)Nc2nc(Cl)c3[nH]cnc3n2)c1. The lowest BCUT2D eigenvalue weighted by atomic mass is 10.2. The van der Waals surface area contributed by atoms with E-state index in [1.165, 1.54) is 18.5 Å². The molecule has 7 nitrogen and oxygen atoms in total. The molecule has 0 aliphatic heterocycles. The number of aromatic amines is 1. The number of amides is 1. The highest BCUT2D eigenvalue weighted by atomic mass is 35.5. The molecule has 2 heterocycles. The Kier molecular flexibility index (Phi) is 3.36. The van der Waals surface area contributed by atoms with Gasteiger partial charge in [0, 0.05) is 16.3 Å². The maximum Gasteiger partial charge on any atom is 0.258 e. The second kappa shape index (κ2) is 5.19. The first-order valence-electron chi connectivity index (χ1n) is 5.77. The molecule has 2 aromatic heterocycles. The van der Waals surface area contributed by atoms with Gasteiger partial charge in [-0.25, -0.2) is 4.98 Å². The van der Waals surface area contributed by atoms with Gasteiger partial charge in [0.15, 0.2) is 10.8 Å². The van der Waals surface area contributed by atoms with E-state index in [9.17, 15) is 4.79 Å². The van der Waals surface area contributed by atoms with Crippen LogP contribution in [0.25, 0.3) is 11.2 Å². The number of nitrogens with two attached hydrogens (primary N) is 1. The predicted molar refractivity (Wildman–Crippen MR) is 80.5 cm³/mol. The number of carbonyl (C=O) groups is 1. The fraction of sp³-hybridized carbons (Fsp3) is 0. The van der Waals surface area contributed by atoms with Crippen LogP contribution in [0.15, 0.2) is 24.5 Å². The average Bonchev–Trinajstić information content (AvgIpc) is 2.86. The molecule has 0 unspecified atom stereocenters. The Labute approximate surface area is 128 Å². The van der Waals surface area contributed by atoms with E-state index in [0.29, 0.717) is 27.4 Å². The van der Waals surface area contributed by atoms with Gasteiger partial charge >= 0.3 is 0 Å². The molecule has 0 saturated heterocycles. The Morgan fingerprint density at radius 2 is 2.05 bits per heavy atom. The van der Waals surface area contributed by atoms with Gasteiger partial charge in [-0.15, -0.1) is 0 Å². The van der Waals surface area contributed by atoms with Gasteiger partial charge in [0.1, 0.15) is 5.52 Å². The number of nitrogen functional groups attached to an aromatic ring is 1. The summed E-state index contributed by atoms with van der Waals surface area (Å²) < 4.78 is 0. The van der Waals surface area contributed by atoms with Crippen LogP contribution in [-0.4, -0.2) is 25.8 Å². The van der Waals surface area contributed by atoms with E-state index in [-0.39, 0.29) is 11.1 Å². The summed E-state index contributed by atoms with van der Waals surface area (Å²) in [5.41, 5.74) is 7.18. The molecule has 0 fully saturated rings. The number of nitrogens with one attached hydrogen (secondary N) is 2. The predicted octanol–water partition coefficient (Wildman–Crippen LogP) is 2.49. The number of aromatic nitrogens is 4. The first-order chi connectivity index (χ1) is 10.0. The van der Waals surface area contributed by atoms with Crippen molar-refractivity contribution >= 4 is 51.9 Å². The minimum atomic E-state index is -0.449. The van der Waals surface area contributed by atoms with Gasteiger partial charge in [-0.2, -0.15) is 9.97 Å². The van der Waals surface area contributed by atoms with Crippen molar-refractivity contribution in [2.24, 2.45) is 0 Å². The number of benzene rings is 1. The van der Waals surface area contributed by atoms with Crippen LogP contribution in [0.4, 0.5) is 11.6 Å². The highest BCUT2D eigenvalue weighted by Gasteiger charge is 2.13. The summed E-state index contributed by atoms with van der Waals surface area (Å²) in [6.45, 7) is 0. The Balaban J connectivity index is 1.92. The molecular formula is C12H8Cl2N6O. The number of halogens is 2. The number of hydrogen-bond acceptors (Lipinski definition) is 5. The minimum absolute atomic E-state index is 0.0446. The largest absolute Gasteiger partial charge is 0.399 e. The summed E-state index contributed by atoms with van der Waals surface area (Å²) in [6, 6.07) is 4.53. The molecule has 3 rings (SSSR count). The molecule has 3 aromatic rings. The van der Waals surface area contributed by atoms with Crippen molar-refractivity contribution in [1.82, 2.24) is 19.9 Å². The summed E-state index contributed by atoms with van der Waals surface area (Å²) in [5.74, 6) is -0.404. The van der Waals surface area contributed by atoms with Crippen molar-refractivity contribution < 1.29 is 4.79 Å².